The summed E-state index contributed by atoms with van der Waals surface area (Å²) in [6, 6.07) is 7.45. The van der Waals surface area contributed by atoms with Gasteiger partial charge in [-0.3, -0.25) is 14.6 Å². The summed E-state index contributed by atoms with van der Waals surface area (Å²) >= 11 is 0. The van der Waals surface area contributed by atoms with Crippen molar-refractivity contribution in [1.82, 2.24) is 9.80 Å². The fourth-order valence-electron chi connectivity index (χ4n) is 2.74. The molecule has 0 atom stereocenters. The largest absolute Gasteiger partial charge is 0.496 e. The lowest BCUT2D eigenvalue weighted by Crippen LogP contribution is -2.54. The number of para-hydroxylation sites is 1. The van der Waals surface area contributed by atoms with Crippen molar-refractivity contribution in [2.24, 2.45) is 0 Å². The summed E-state index contributed by atoms with van der Waals surface area (Å²) in [7, 11) is 1.61. The first-order chi connectivity index (χ1) is 9.91. The molecule has 1 aromatic rings. The van der Waals surface area contributed by atoms with Gasteiger partial charge in [-0.1, -0.05) is 12.1 Å². The van der Waals surface area contributed by atoms with Crippen LogP contribution in [-0.2, 0) is 0 Å². The fourth-order valence-corrected chi connectivity index (χ4v) is 2.74. The van der Waals surface area contributed by atoms with E-state index in [2.05, 4.69) is 30.6 Å². The minimum absolute atomic E-state index is 0.136. The van der Waals surface area contributed by atoms with Gasteiger partial charge in [0.15, 0.2) is 5.78 Å². The average molecular weight is 290 g/mol. The van der Waals surface area contributed by atoms with Crippen LogP contribution in [0.2, 0.25) is 0 Å². The zero-order valence-corrected chi connectivity index (χ0v) is 13.6. The maximum atomic E-state index is 12.4. The van der Waals surface area contributed by atoms with E-state index in [1.54, 1.807) is 7.11 Å². The van der Waals surface area contributed by atoms with Gasteiger partial charge >= 0.3 is 0 Å². The Morgan fingerprint density at radius 3 is 2.33 bits per heavy atom. The molecule has 0 N–H and O–H groups in total. The topological polar surface area (TPSA) is 32.8 Å². The molecule has 21 heavy (non-hydrogen) atoms. The van der Waals surface area contributed by atoms with Gasteiger partial charge in [0.1, 0.15) is 5.75 Å². The van der Waals surface area contributed by atoms with Crippen molar-refractivity contribution in [3.8, 4) is 5.75 Å². The van der Waals surface area contributed by atoms with E-state index in [9.17, 15) is 4.79 Å². The number of hydrogen-bond donors (Lipinski definition) is 0. The molecule has 1 aliphatic rings. The first-order valence-electron chi connectivity index (χ1n) is 7.55. The number of carbonyl (C=O) groups is 1. The molecule has 1 heterocycles. The van der Waals surface area contributed by atoms with Crippen LogP contribution in [0, 0.1) is 0 Å². The van der Waals surface area contributed by atoms with E-state index in [0.717, 1.165) is 26.2 Å². The Kier molecular flexibility index (Phi) is 5.01. The predicted molar refractivity (Wildman–Crippen MR) is 85.1 cm³/mol. The average Bonchev–Trinajstić information content (AvgIpc) is 2.46. The standard InChI is InChI=1S/C17H26N2O2/c1-17(2,3)19-11-9-18(10-12-19)13-15(20)14-7-5-6-8-16(14)21-4/h5-8H,9-13H2,1-4H3. The van der Waals surface area contributed by atoms with Crippen LogP contribution in [0.15, 0.2) is 24.3 Å². The molecule has 0 aliphatic carbocycles. The molecule has 0 unspecified atom stereocenters. The number of benzene rings is 1. The van der Waals surface area contributed by atoms with Crippen LogP contribution in [0.4, 0.5) is 0 Å². The summed E-state index contributed by atoms with van der Waals surface area (Å²) < 4.78 is 5.27. The predicted octanol–water partition coefficient (Wildman–Crippen LogP) is 2.29. The lowest BCUT2D eigenvalue weighted by atomic mass is 10.0. The molecule has 0 saturated carbocycles. The molecule has 0 bridgehead atoms. The van der Waals surface area contributed by atoms with E-state index in [4.69, 9.17) is 4.74 Å². The van der Waals surface area contributed by atoms with Gasteiger partial charge in [0.05, 0.1) is 19.2 Å². The number of Topliss-reactive ketones (excluding diaryl/α,β-unsaturated/α-hetero) is 1. The second kappa shape index (κ2) is 6.58. The highest BCUT2D eigenvalue weighted by atomic mass is 16.5. The number of piperazine rings is 1. The fraction of sp³-hybridized carbons (Fsp3) is 0.588. The molecule has 1 fully saturated rings. The minimum Gasteiger partial charge on any atom is -0.496 e. The maximum absolute atomic E-state index is 12.4. The first kappa shape index (κ1) is 16.0. The molecular weight excluding hydrogens is 264 g/mol. The molecule has 4 nitrogen and oxygen atoms in total. The Bertz CT molecular complexity index is 486. The van der Waals surface area contributed by atoms with Crippen LogP contribution in [-0.4, -0.2) is 61.0 Å². The van der Waals surface area contributed by atoms with E-state index in [1.807, 2.05) is 24.3 Å². The maximum Gasteiger partial charge on any atom is 0.180 e. The van der Waals surface area contributed by atoms with Gasteiger partial charge in [-0.25, -0.2) is 0 Å². The van der Waals surface area contributed by atoms with Crippen molar-refractivity contribution < 1.29 is 9.53 Å². The Morgan fingerprint density at radius 2 is 1.76 bits per heavy atom. The van der Waals surface area contributed by atoms with Gasteiger partial charge in [-0.05, 0) is 32.9 Å². The normalized spacial score (nSPS) is 17.7. The zero-order chi connectivity index (χ0) is 15.5. The van der Waals surface area contributed by atoms with Crippen LogP contribution >= 0.6 is 0 Å². The quantitative estimate of drug-likeness (QED) is 0.797. The van der Waals surface area contributed by atoms with Crippen molar-refractivity contribution in [2.45, 2.75) is 26.3 Å². The van der Waals surface area contributed by atoms with Crippen molar-refractivity contribution in [1.29, 1.82) is 0 Å². The van der Waals surface area contributed by atoms with Crippen molar-refractivity contribution >= 4 is 5.78 Å². The second-order valence-electron chi connectivity index (χ2n) is 6.56. The second-order valence-corrected chi connectivity index (χ2v) is 6.56. The molecule has 0 aromatic heterocycles. The number of nitrogens with zero attached hydrogens (tertiary/aromatic N) is 2. The van der Waals surface area contributed by atoms with E-state index in [1.165, 1.54) is 0 Å². The van der Waals surface area contributed by atoms with Crippen LogP contribution in [0.3, 0.4) is 0 Å². The summed E-state index contributed by atoms with van der Waals surface area (Å²) in [4.78, 5) is 17.1. The van der Waals surface area contributed by atoms with Gasteiger partial charge in [0, 0.05) is 31.7 Å². The molecule has 1 saturated heterocycles. The Morgan fingerprint density at radius 1 is 1.14 bits per heavy atom. The molecule has 0 radical (unpaired) electrons. The Labute approximate surface area is 127 Å². The van der Waals surface area contributed by atoms with Crippen molar-refractivity contribution in [3.63, 3.8) is 0 Å². The summed E-state index contributed by atoms with van der Waals surface area (Å²) in [5, 5.41) is 0. The number of methoxy groups -OCH3 is 1. The third-order valence-electron chi connectivity index (χ3n) is 4.10. The van der Waals surface area contributed by atoms with Crippen molar-refractivity contribution in [3.05, 3.63) is 29.8 Å². The molecule has 2 rings (SSSR count). The van der Waals surface area contributed by atoms with E-state index in [0.29, 0.717) is 17.9 Å². The first-order valence-corrected chi connectivity index (χ1v) is 7.55. The number of carbonyl (C=O) groups excluding carboxylic acids is 1. The summed E-state index contributed by atoms with van der Waals surface area (Å²) in [5.41, 5.74) is 0.886. The van der Waals surface area contributed by atoms with E-state index < -0.39 is 0 Å². The highest BCUT2D eigenvalue weighted by molar-refractivity contribution is 6.00. The summed E-state index contributed by atoms with van der Waals surface area (Å²) in [5.74, 6) is 0.799. The van der Waals surface area contributed by atoms with Crippen LogP contribution in [0.5, 0.6) is 5.75 Å². The molecule has 4 heteroatoms. The third kappa shape index (κ3) is 4.05. The van der Waals surface area contributed by atoms with Crippen LogP contribution in [0.25, 0.3) is 0 Å². The Hall–Kier alpha value is -1.39. The zero-order valence-electron chi connectivity index (χ0n) is 13.6. The molecular formula is C17H26N2O2. The van der Waals surface area contributed by atoms with Crippen LogP contribution in [0.1, 0.15) is 31.1 Å². The number of ketones is 1. The number of hydrogen-bond acceptors (Lipinski definition) is 4. The SMILES string of the molecule is COc1ccccc1C(=O)CN1CCN(C(C)(C)C)CC1. The summed E-state index contributed by atoms with van der Waals surface area (Å²) in [6.45, 7) is 11.1. The Balaban J connectivity index is 1.93. The van der Waals surface area contributed by atoms with Gasteiger partial charge < -0.3 is 4.74 Å². The smallest absolute Gasteiger partial charge is 0.180 e. The lowest BCUT2D eigenvalue weighted by Gasteiger charge is -2.42. The highest BCUT2D eigenvalue weighted by Gasteiger charge is 2.27. The van der Waals surface area contributed by atoms with Crippen molar-refractivity contribution in [2.75, 3.05) is 39.8 Å². The third-order valence-corrected chi connectivity index (χ3v) is 4.10. The van der Waals surface area contributed by atoms with E-state index in [-0.39, 0.29) is 11.3 Å². The molecule has 1 aliphatic heterocycles. The highest BCUT2D eigenvalue weighted by Crippen LogP contribution is 2.19. The molecule has 0 spiro atoms. The van der Waals surface area contributed by atoms with Gasteiger partial charge in [-0.15, -0.1) is 0 Å². The molecule has 1 aromatic carbocycles. The lowest BCUT2D eigenvalue weighted by molar-refractivity contribution is 0.0578. The summed E-state index contributed by atoms with van der Waals surface area (Å²) in [6.07, 6.45) is 0. The van der Waals surface area contributed by atoms with E-state index >= 15 is 0 Å². The number of rotatable bonds is 4. The van der Waals surface area contributed by atoms with Gasteiger partial charge in [-0.2, -0.15) is 0 Å². The molecule has 116 valence electrons. The van der Waals surface area contributed by atoms with Gasteiger partial charge in [0.2, 0.25) is 0 Å². The van der Waals surface area contributed by atoms with Gasteiger partial charge in [0.25, 0.3) is 0 Å². The monoisotopic (exact) mass is 290 g/mol. The minimum atomic E-state index is 0.136. The number of ether oxygens (including phenoxy) is 1. The molecule has 0 amide bonds. The van der Waals surface area contributed by atoms with Crippen LogP contribution < -0.4 is 4.74 Å².